The molecule has 0 atom stereocenters. The van der Waals surface area contributed by atoms with Gasteiger partial charge < -0.3 is 20.1 Å². The second kappa shape index (κ2) is 11.1. The van der Waals surface area contributed by atoms with E-state index in [1.807, 2.05) is 43.3 Å². The SMILES string of the molecule is C=CC=c1nc(Nc2ccc(C(=O)NCCc3ccc(OC)c(OC)c3)cc2)c2nnnn2c1=CC. The number of ether oxygens (including phenoxy) is 2. The van der Waals surface area contributed by atoms with Crippen molar-refractivity contribution in [2.24, 2.45) is 0 Å². The third-order valence-corrected chi connectivity index (χ3v) is 5.51. The van der Waals surface area contributed by atoms with E-state index in [2.05, 4.69) is 37.7 Å². The van der Waals surface area contributed by atoms with Crippen molar-refractivity contribution in [3.8, 4) is 11.5 Å². The predicted octanol–water partition coefficient (Wildman–Crippen LogP) is 2.02. The summed E-state index contributed by atoms with van der Waals surface area (Å²) in [5.74, 6) is 1.67. The van der Waals surface area contributed by atoms with Crippen molar-refractivity contribution in [2.45, 2.75) is 13.3 Å². The van der Waals surface area contributed by atoms with Crippen molar-refractivity contribution in [2.75, 3.05) is 26.1 Å². The van der Waals surface area contributed by atoms with Crippen LogP contribution in [0.4, 0.5) is 11.5 Å². The summed E-state index contributed by atoms with van der Waals surface area (Å²) in [5, 5.41) is 19.6. The van der Waals surface area contributed by atoms with Crippen LogP contribution in [-0.4, -0.2) is 51.7 Å². The largest absolute Gasteiger partial charge is 0.493 e. The number of carbonyl (C=O) groups excluding carboxylic acids is 1. The van der Waals surface area contributed by atoms with Crippen LogP contribution in [0.5, 0.6) is 11.5 Å². The minimum Gasteiger partial charge on any atom is -0.493 e. The lowest BCUT2D eigenvalue weighted by Gasteiger charge is -2.10. The quantitative estimate of drug-likeness (QED) is 0.370. The van der Waals surface area contributed by atoms with Gasteiger partial charge >= 0.3 is 0 Å². The van der Waals surface area contributed by atoms with E-state index in [9.17, 15) is 4.79 Å². The summed E-state index contributed by atoms with van der Waals surface area (Å²) in [6.45, 7) is 6.13. The molecule has 0 unspecified atom stereocenters. The fourth-order valence-corrected chi connectivity index (χ4v) is 3.72. The number of nitrogens with one attached hydrogen (secondary N) is 2. The normalized spacial score (nSPS) is 12.0. The Morgan fingerprint density at radius 1 is 1.11 bits per heavy atom. The highest BCUT2D eigenvalue weighted by Crippen LogP contribution is 2.27. The van der Waals surface area contributed by atoms with Crippen molar-refractivity contribution in [3.05, 3.63) is 76.9 Å². The fraction of sp³-hybridized carbons (Fsp3) is 0.192. The second-order valence-corrected chi connectivity index (χ2v) is 7.73. The molecule has 0 bridgehead atoms. The van der Waals surface area contributed by atoms with Gasteiger partial charge in [-0.2, -0.15) is 4.52 Å². The molecule has 4 rings (SSSR count). The van der Waals surface area contributed by atoms with Crippen LogP contribution in [0.15, 0.2) is 55.1 Å². The lowest BCUT2D eigenvalue weighted by atomic mass is 10.1. The number of benzene rings is 2. The lowest BCUT2D eigenvalue weighted by molar-refractivity contribution is 0.0954. The third-order valence-electron chi connectivity index (χ3n) is 5.51. The van der Waals surface area contributed by atoms with E-state index in [0.29, 0.717) is 46.8 Å². The number of nitrogens with zero attached hydrogens (tertiary/aromatic N) is 5. The summed E-state index contributed by atoms with van der Waals surface area (Å²) in [7, 11) is 3.20. The molecular weight excluding hydrogens is 458 g/mol. The summed E-state index contributed by atoms with van der Waals surface area (Å²) in [6.07, 6.45) is 5.99. The first-order chi connectivity index (χ1) is 17.6. The molecule has 0 aliphatic heterocycles. The smallest absolute Gasteiger partial charge is 0.251 e. The van der Waals surface area contributed by atoms with Gasteiger partial charge in [-0.15, -0.1) is 5.10 Å². The van der Waals surface area contributed by atoms with Crippen molar-refractivity contribution in [1.82, 2.24) is 30.3 Å². The molecule has 184 valence electrons. The first-order valence-corrected chi connectivity index (χ1v) is 11.3. The van der Waals surface area contributed by atoms with Gasteiger partial charge in [0.2, 0.25) is 5.65 Å². The summed E-state index contributed by atoms with van der Waals surface area (Å²) < 4.78 is 12.2. The number of aromatic nitrogens is 5. The zero-order chi connectivity index (χ0) is 25.5. The van der Waals surface area contributed by atoms with Crippen LogP contribution in [0.1, 0.15) is 22.8 Å². The summed E-state index contributed by atoms with van der Waals surface area (Å²) in [5.41, 5.74) is 2.81. The average molecular weight is 486 g/mol. The molecule has 0 saturated carbocycles. The molecular formula is C26H27N7O3. The number of allylic oxidation sites excluding steroid dienone is 1. The van der Waals surface area contributed by atoms with Crippen LogP contribution in [0, 0.1) is 0 Å². The molecule has 10 heteroatoms. The molecule has 0 radical (unpaired) electrons. The van der Waals surface area contributed by atoms with Gasteiger partial charge in [0.15, 0.2) is 17.3 Å². The molecule has 4 aromatic rings. The number of methoxy groups -OCH3 is 2. The van der Waals surface area contributed by atoms with Crippen LogP contribution < -0.4 is 30.8 Å². The molecule has 2 heterocycles. The van der Waals surface area contributed by atoms with E-state index in [1.165, 1.54) is 0 Å². The Morgan fingerprint density at radius 2 is 1.89 bits per heavy atom. The Balaban J connectivity index is 1.43. The Labute approximate surface area is 208 Å². The van der Waals surface area contributed by atoms with E-state index >= 15 is 0 Å². The Morgan fingerprint density at radius 3 is 2.58 bits per heavy atom. The van der Waals surface area contributed by atoms with Crippen LogP contribution >= 0.6 is 0 Å². The van der Waals surface area contributed by atoms with Crippen molar-refractivity contribution in [3.63, 3.8) is 0 Å². The molecule has 36 heavy (non-hydrogen) atoms. The predicted molar refractivity (Wildman–Crippen MR) is 138 cm³/mol. The fourth-order valence-electron chi connectivity index (χ4n) is 3.72. The van der Waals surface area contributed by atoms with Crippen LogP contribution in [0.25, 0.3) is 17.8 Å². The monoisotopic (exact) mass is 485 g/mol. The maximum Gasteiger partial charge on any atom is 0.251 e. The van der Waals surface area contributed by atoms with Gasteiger partial charge in [-0.1, -0.05) is 24.8 Å². The highest BCUT2D eigenvalue weighted by Gasteiger charge is 2.11. The highest BCUT2D eigenvalue weighted by molar-refractivity contribution is 5.94. The zero-order valence-corrected chi connectivity index (χ0v) is 20.4. The third kappa shape index (κ3) is 5.17. The summed E-state index contributed by atoms with van der Waals surface area (Å²) >= 11 is 0. The van der Waals surface area contributed by atoms with Gasteiger partial charge in [-0.05, 0) is 71.8 Å². The van der Waals surface area contributed by atoms with E-state index in [4.69, 9.17) is 9.47 Å². The number of hydrogen-bond acceptors (Lipinski definition) is 8. The average Bonchev–Trinajstić information content (AvgIpc) is 3.39. The van der Waals surface area contributed by atoms with Gasteiger partial charge in [-0.25, -0.2) is 4.98 Å². The number of amides is 1. The molecule has 0 fully saturated rings. The van der Waals surface area contributed by atoms with E-state index in [1.54, 1.807) is 43.0 Å². The highest BCUT2D eigenvalue weighted by atomic mass is 16.5. The standard InChI is InChI=1S/C26H27N7O3/c1-5-7-20-21(6-2)33-25(30-31-32-33)24(29-20)28-19-11-9-18(10-12-19)26(34)27-15-14-17-8-13-22(35-3)23(16-17)36-4/h5-13,16H,1,14-15H2,2-4H3,(H,27,34)(H,28,29). The lowest BCUT2D eigenvalue weighted by Crippen LogP contribution is -2.35. The number of hydrogen-bond donors (Lipinski definition) is 2. The molecule has 1 amide bonds. The van der Waals surface area contributed by atoms with E-state index in [0.717, 1.165) is 16.6 Å². The molecule has 0 aliphatic carbocycles. The molecule has 10 nitrogen and oxygen atoms in total. The molecule has 2 N–H and O–H groups in total. The molecule has 2 aromatic heterocycles. The summed E-state index contributed by atoms with van der Waals surface area (Å²) in [6, 6.07) is 12.8. The van der Waals surface area contributed by atoms with E-state index < -0.39 is 0 Å². The Bertz CT molecular complexity index is 1510. The first kappa shape index (κ1) is 24.4. The molecule has 2 aromatic carbocycles. The van der Waals surface area contributed by atoms with Gasteiger partial charge in [0.05, 0.1) is 24.9 Å². The van der Waals surface area contributed by atoms with E-state index in [-0.39, 0.29) is 5.91 Å². The van der Waals surface area contributed by atoms with Crippen LogP contribution in [0.2, 0.25) is 0 Å². The van der Waals surface area contributed by atoms with Crippen LogP contribution in [0.3, 0.4) is 0 Å². The van der Waals surface area contributed by atoms with Gasteiger partial charge in [0, 0.05) is 17.8 Å². The number of tetrazole rings is 1. The van der Waals surface area contributed by atoms with Crippen LogP contribution in [-0.2, 0) is 6.42 Å². The minimum absolute atomic E-state index is 0.157. The van der Waals surface area contributed by atoms with Crippen molar-refractivity contribution >= 4 is 35.2 Å². The van der Waals surface area contributed by atoms with Gasteiger partial charge in [-0.3, -0.25) is 4.79 Å². The second-order valence-electron chi connectivity index (χ2n) is 7.73. The Hall–Kier alpha value is -4.73. The topological polar surface area (TPSA) is 116 Å². The minimum atomic E-state index is -0.157. The van der Waals surface area contributed by atoms with Gasteiger partial charge in [0.25, 0.3) is 5.91 Å². The van der Waals surface area contributed by atoms with Gasteiger partial charge in [0.1, 0.15) is 0 Å². The zero-order valence-electron chi connectivity index (χ0n) is 20.4. The van der Waals surface area contributed by atoms with Crippen molar-refractivity contribution in [1.29, 1.82) is 0 Å². The number of anilines is 2. The molecule has 0 spiro atoms. The Kier molecular flexibility index (Phi) is 7.54. The molecule has 0 aliphatic rings. The number of fused-ring (bicyclic) bond motifs is 1. The summed E-state index contributed by atoms with van der Waals surface area (Å²) in [4.78, 5) is 17.3. The maximum absolute atomic E-state index is 12.6. The maximum atomic E-state index is 12.6. The van der Waals surface area contributed by atoms with Crippen molar-refractivity contribution < 1.29 is 14.3 Å². The number of rotatable bonds is 9. The first-order valence-electron chi connectivity index (χ1n) is 11.3. The number of carbonyl (C=O) groups is 1. The molecule has 0 saturated heterocycles.